The Hall–Kier alpha value is -1.31. The highest BCUT2D eigenvalue weighted by atomic mass is 35.7. The zero-order valence-corrected chi connectivity index (χ0v) is 13.9. The number of halogens is 2. The van der Waals surface area contributed by atoms with Gasteiger partial charge in [0.25, 0.3) is 0 Å². The van der Waals surface area contributed by atoms with Gasteiger partial charge in [0.05, 0.1) is 18.4 Å². The highest BCUT2D eigenvalue weighted by Gasteiger charge is 2.33. The van der Waals surface area contributed by atoms with Gasteiger partial charge in [0.15, 0.2) is 0 Å². The second kappa shape index (κ2) is 6.44. The molecule has 1 saturated heterocycles. The fourth-order valence-electron chi connectivity index (χ4n) is 2.39. The predicted molar refractivity (Wildman–Crippen MR) is 82.9 cm³/mol. The van der Waals surface area contributed by atoms with E-state index in [1.807, 2.05) is 0 Å². The molecule has 0 spiro atoms. The Labute approximate surface area is 137 Å². The molecule has 1 heterocycles. The molecule has 22 heavy (non-hydrogen) atoms. The van der Waals surface area contributed by atoms with Crippen LogP contribution in [0.25, 0.3) is 0 Å². The number of anilines is 1. The van der Waals surface area contributed by atoms with Crippen molar-refractivity contribution in [2.24, 2.45) is 5.92 Å². The van der Waals surface area contributed by atoms with E-state index in [2.05, 4.69) is 4.74 Å². The summed E-state index contributed by atoms with van der Waals surface area (Å²) in [5.74, 6) is -1.49. The minimum absolute atomic E-state index is 0.0754. The summed E-state index contributed by atoms with van der Waals surface area (Å²) in [5, 5.41) is 0.277. The Morgan fingerprint density at radius 2 is 2.09 bits per heavy atom. The lowest BCUT2D eigenvalue weighted by atomic mass is 10.1. The first-order chi connectivity index (χ1) is 10.2. The van der Waals surface area contributed by atoms with Gasteiger partial charge in [0.1, 0.15) is 0 Å². The molecule has 1 aromatic rings. The van der Waals surface area contributed by atoms with Crippen molar-refractivity contribution in [3.05, 3.63) is 28.8 Å². The number of amides is 1. The van der Waals surface area contributed by atoms with Crippen molar-refractivity contribution in [2.75, 3.05) is 24.3 Å². The number of ether oxygens (including phenoxy) is 1. The summed E-state index contributed by atoms with van der Waals surface area (Å²) >= 11 is 5.96. The fraction of sp³-hybridized carbons (Fsp3) is 0.385. The van der Waals surface area contributed by atoms with Crippen LogP contribution >= 0.6 is 22.3 Å². The molecular formula is C13H13Cl2NO5S. The van der Waals surface area contributed by atoms with Crippen LogP contribution in [0.15, 0.2) is 18.2 Å². The lowest BCUT2D eigenvalue weighted by molar-refractivity contribution is -0.117. The maximum atomic E-state index is 12.1. The lowest BCUT2D eigenvalue weighted by Crippen LogP contribution is -2.25. The summed E-state index contributed by atoms with van der Waals surface area (Å²) in [7, 11) is 2.79. The number of hydrogen-bond donors (Lipinski definition) is 0. The minimum Gasteiger partial charge on any atom is -0.465 e. The summed E-state index contributed by atoms with van der Waals surface area (Å²) < 4.78 is 26.9. The first-order valence-corrected chi connectivity index (χ1v) is 9.17. The van der Waals surface area contributed by atoms with E-state index in [9.17, 15) is 18.0 Å². The third-order valence-electron chi connectivity index (χ3n) is 3.26. The summed E-state index contributed by atoms with van der Waals surface area (Å²) in [4.78, 5) is 25.0. The Bertz CT molecular complexity index is 719. The normalized spacial score (nSPS) is 18.6. The van der Waals surface area contributed by atoms with Gasteiger partial charge in [0.2, 0.25) is 15.0 Å². The van der Waals surface area contributed by atoms with Crippen molar-refractivity contribution in [2.45, 2.75) is 6.42 Å². The van der Waals surface area contributed by atoms with Crippen LogP contribution in [0, 0.1) is 5.92 Å². The van der Waals surface area contributed by atoms with E-state index in [1.54, 1.807) is 0 Å². The van der Waals surface area contributed by atoms with E-state index in [1.165, 1.54) is 30.2 Å². The molecule has 120 valence electrons. The molecule has 1 aliphatic rings. The van der Waals surface area contributed by atoms with Crippen molar-refractivity contribution in [1.82, 2.24) is 0 Å². The third-order valence-corrected chi connectivity index (χ3v) is 4.72. The molecule has 0 aliphatic carbocycles. The van der Waals surface area contributed by atoms with E-state index in [0.29, 0.717) is 5.69 Å². The summed E-state index contributed by atoms with van der Waals surface area (Å²) in [6.45, 7) is 0.200. The van der Waals surface area contributed by atoms with Crippen molar-refractivity contribution in [3.63, 3.8) is 0 Å². The Morgan fingerprint density at radius 3 is 2.68 bits per heavy atom. The van der Waals surface area contributed by atoms with E-state index in [-0.39, 0.29) is 35.2 Å². The molecule has 1 atom stereocenters. The smallest absolute Gasteiger partial charge is 0.337 e. The van der Waals surface area contributed by atoms with Crippen LogP contribution in [-0.4, -0.2) is 39.7 Å². The zero-order valence-electron chi connectivity index (χ0n) is 11.6. The molecule has 1 fully saturated rings. The highest BCUT2D eigenvalue weighted by molar-refractivity contribution is 8.13. The number of carbonyl (C=O) groups excluding carboxylic acids is 2. The zero-order chi connectivity index (χ0) is 16.5. The van der Waals surface area contributed by atoms with Crippen molar-refractivity contribution in [1.29, 1.82) is 0 Å². The van der Waals surface area contributed by atoms with Gasteiger partial charge in [-0.3, -0.25) is 4.79 Å². The van der Waals surface area contributed by atoms with E-state index < -0.39 is 20.9 Å². The number of methoxy groups -OCH3 is 1. The summed E-state index contributed by atoms with van der Waals surface area (Å²) in [5.41, 5.74) is 0.638. The molecule has 1 unspecified atom stereocenters. The Kier molecular flexibility index (Phi) is 4.99. The van der Waals surface area contributed by atoms with Crippen LogP contribution in [0.5, 0.6) is 0 Å². The minimum atomic E-state index is -3.68. The molecular weight excluding hydrogens is 353 g/mol. The fourth-order valence-corrected chi connectivity index (χ4v) is 3.94. The average molecular weight is 366 g/mol. The number of esters is 1. The van der Waals surface area contributed by atoms with Crippen LogP contribution in [-0.2, 0) is 18.6 Å². The standard InChI is InChI=1S/C13H13Cl2NO5S/c1-21-13(18)9-3-10(14)5-11(4-9)16-6-8(2-12(16)17)7-22(15,19)20/h3-5,8H,2,6-7H2,1H3. The SMILES string of the molecule is COC(=O)c1cc(Cl)cc(N2CC(CS(=O)(=O)Cl)CC2=O)c1. The van der Waals surface area contributed by atoms with Gasteiger partial charge in [0, 0.05) is 40.3 Å². The van der Waals surface area contributed by atoms with Crippen LogP contribution in [0.2, 0.25) is 5.02 Å². The number of hydrogen-bond acceptors (Lipinski definition) is 5. The molecule has 1 amide bonds. The number of benzene rings is 1. The molecule has 6 nitrogen and oxygen atoms in total. The number of carbonyl (C=O) groups is 2. The molecule has 1 aliphatic heterocycles. The average Bonchev–Trinajstić information content (AvgIpc) is 2.75. The number of nitrogens with zero attached hydrogens (tertiary/aromatic N) is 1. The molecule has 0 N–H and O–H groups in total. The molecule has 0 saturated carbocycles. The van der Waals surface area contributed by atoms with Gasteiger partial charge in [-0.05, 0) is 18.2 Å². The maximum absolute atomic E-state index is 12.1. The van der Waals surface area contributed by atoms with Crippen LogP contribution < -0.4 is 4.90 Å². The van der Waals surface area contributed by atoms with Gasteiger partial charge in [-0.15, -0.1) is 0 Å². The quantitative estimate of drug-likeness (QED) is 0.602. The third kappa shape index (κ3) is 4.12. The van der Waals surface area contributed by atoms with Gasteiger partial charge in [-0.2, -0.15) is 0 Å². The second-order valence-corrected chi connectivity index (χ2v) is 8.23. The van der Waals surface area contributed by atoms with E-state index in [0.717, 1.165) is 0 Å². The predicted octanol–water partition coefficient (Wildman–Crippen LogP) is 2.05. The maximum Gasteiger partial charge on any atom is 0.337 e. The monoisotopic (exact) mass is 365 g/mol. The van der Waals surface area contributed by atoms with Crippen LogP contribution in [0.3, 0.4) is 0 Å². The molecule has 1 aromatic carbocycles. The van der Waals surface area contributed by atoms with Crippen molar-refractivity contribution in [3.8, 4) is 0 Å². The topological polar surface area (TPSA) is 80.8 Å². The highest BCUT2D eigenvalue weighted by Crippen LogP contribution is 2.29. The van der Waals surface area contributed by atoms with Crippen molar-refractivity contribution >= 4 is 48.9 Å². The van der Waals surface area contributed by atoms with Gasteiger partial charge >= 0.3 is 5.97 Å². The molecule has 2 rings (SSSR count). The van der Waals surface area contributed by atoms with E-state index in [4.69, 9.17) is 22.3 Å². The molecule has 0 bridgehead atoms. The first kappa shape index (κ1) is 17.1. The molecule has 0 radical (unpaired) electrons. The number of rotatable bonds is 4. The second-order valence-electron chi connectivity index (χ2n) is 4.97. The molecule has 0 aromatic heterocycles. The Balaban J connectivity index is 2.27. The molecule has 9 heteroatoms. The largest absolute Gasteiger partial charge is 0.465 e. The first-order valence-electron chi connectivity index (χ1n) is 6.31. The lowest BCUT2D eigenvalue weighted by Gasteiger charge is -2.17. The summed E-state index contributed by atoms with van der Waals surface area (Å²) in [6, 6.07) is 4.44. The van der Waals surface area contributed by atoms with Crippen LogP contribution in [0.4, 0.5) is 5.69 Å². The van der Waals surface area contributed by atoms with Crippen molar-refractivity contribution < 1.29 is 22.7 Å². The Morgan fingerprint density at radius 1 is 1.41 bits per heavy atom. The summed E-state index contributed by atoms with van der Waals surface area (Å²) in [6.07, 6.45) is 0.0754. The van der Waals surface area contributed by atoms with Gasteiger partial charge in [-0.1, -0.05) is 11.6 Å². The van der Waals surface area contributed by atoms with Gasteiger partial charge in [-0.25, -0.2) is 13.2 Å². The van der Waals surface area contributed by atoms with Gasteiger partial charge < -0.3 is 9.64 Å². The van der Waals surface area contributed by atoms with Crippen LogP contribution in [0.1, 0.15) is 16.8 Å². The van der Waals surface area contributed by atoms with E-state index >= 15 is 0 Å².